The number of anilines is 1. The molecule has 1 aromatic heterocycles. The molecule has 0 bridgehead atoms. The quantitative estimate of drug-likeness (QED) is 0.769. The minimum atomic E-state index is -0.843. The summed E-state index contributed by atoms with van der Waals surface area (Å²) in [6.07, 6.45) is 2.29. The van der Waals surface area contributed by atoms with Crippen molar-refractivity contribution in [3.8, 4) is 0 Å². The molecule has 0 amide bonds. The minimum absolute atomic E-state index is 0.0189. The van der Waals surface area contributed by atoms with E-state index in [1.54, 1.807) is 0 Å². The lowest BCUT2D eigenvalue weighted by atomic mass is 10.0. The van der Waals surface area contributed by atoms with E-state index in [-0.39, 0.29) is 5.75 Å². The fourth-order valence-electron chi connectivity index (χ4n) is 1.66. The fraction of sp³-hybridized carbons (Fsp3) is 0.700. The Morgan fingerprint density at radius 2 is 2.50 bits per heavy atom. The molecular weight excluding hydrogens is 274 g/mol. The van der Waals surface area contributed by atoms with Crippen LogP contribution in [0.4, 0.5) is 5.13 Å². The van der Waals surface area contributed by atoms with Gasteiger partial charge in [-0.3, -0.25) is 4.79 Å². The van der Waals surface area contributed by atoms with Gasteiger partial charge >= 0.3 is 5.97 Å². The summed E-state index contributed by atoms with van der Waals surface area (Å²) in [7, 11) is 0. The number of rotatable bonds is 6. The van der Waals surface area contributed by atoms with Crippen LogP contribution >= 0.6 is 23.1 Å². The summed E-state index contributed by atoms with van der Waals surface area (Å²) >= 11 is 2.58. The van der Waals surface area contributed by atoms with Gasteiger partial charge in [0.1, 0.15) is 0 Å². The lowest BCUT2D eigenvalue weighted by Gasteiger charge is -2.21. The molecule has 2 heterocycles. The summed E-state index contributed by atoms with van der Waals surface area (Å²) in [5, 5.41) is 20.4. The van der Waals surface area contributed by atoms with Crippen molar-refractivity contribution in [3.05, 3.63) is 0 Å². The van der Waals surface area contributed by atoms with Crippen molar-refractivity contribution in [2.45, 2.75) is 17.2 Å². The van der Waals surface area contributed by atoms with Crippen molar-refractivity contribution in [2.75, 3.05) is 30.8 Å². The lowest BCUT2D eigenvalue weighted by molar-refractivity contribution is -0.133. The number of carboxylic acid groups (broad SMARTS) is 1. The molecule has 1 aliphatic rings. The molecule has 0 aliphatic carbocycles. The van der Waals surface area contributed by atoms with Gasteiger partial charge in [-0.25, -0.2) is 0 Å². The maximum absolute atomic E-state index is 10.4. The Labute approximate surface area is 113 Å². The van der Waals surface area contributed by atoms with Crippen LogP contribution in [-0.4, -0.2) is 46.8 Å². The summed E-state index contributed by atoms with van der Waals surface area (Å²) < 4.78 is 6.08. The number of hydrogen-bond acceptors (Lipinski definition) is 7. The van der Waals surface area contributed by atoms with Crippen LogP contribution in [0.3, 0.4) is 0 Å². The molecule has 1 unspecified atom stereocenters. The van der Waals surface area contributed by atoms with Gasteiger partial charge in [0.05, 0.1) is 12.4 Å². The molecule has 0 saturated carbocycles. The molecule has 18 heavy (non-hydrogen) atoms. The van der Waals surface area contributed by atoms with Crippen LogP contribution in [0.5, 0.6) is 0 Å². The normalized spacial score (nSPS) is 19.7. The van der Waals surface area contributed by atoms with E-state index in [1.807, 2.05) is 0 Å². The molecule has 1 fully saturated rings. The first kappa shape index (κ1) is 13.6. The number of nitrogens with zero attached hydrogens (tertiary/aromatic N) is 2. The van der Waals surface area contributed by atoms with E-state index >= 15 is 0 Å². The van der Waals surface area contributed by atoms with Crippen LogP contribution in [0, 0.1) is 5.92 Å². The van der Waals surface area contributed by atoms with E-state index in [0.29, 0.717) is 10.3 Å². The number of ether oxygens (including phenoxy) is 1. The highest BCUT2D eigenvalue weighted by Gasteiger charge is 2.14. The first-order valence-electron chi connectivity index (χ1n) is 5.74. The molecule has 2 N–H and O–H groups in total. The van der Waals surface area contributed by atoms with E-state index in [0.717, 1.165) is 31.3 Å². The largest absolute Gasteiger partial charge is 0.481 e. The van der Waals surface area contributed by atoms with Crippen molar-refractivity contribution in [1.82, 2.24) is 10.2 Å². The number of nitrogens with one attached hydrogen (secondary N) is 1. The third-order valence-corrected chi connectivity index (χ3v) is 4.52. The highest BCUT2D eigenvalue weighted by Crippen LogP contribution is 2.25. The summed E-state index contributed by atoms with van der Waals surface area (Å²) in [5.74, 6) is -0.299. The smallest absolute Gasteiger partial charge is 0.313 e. The highest BCUT2D eigenvalue weighted by molar-refractivity contribution is 8.01. The van der Waals surface area contributed by atoms with Crippen LogP contribution in [0.25, 0.3) is 0 Å². The third kappa shape index (κ3) is 4.43. The van der Waals surface area contributed by atoms with E-state index in [2.05, 4.69) is 15.5 Å². The Hall–Kier alpha value is -0.860. The van der Waals surface area contributed by atoms with Crippen LogP contribution in [0.1, 0.15) is 12.8 Å². The van der Waals surface area contributed by atoms with Gasteiger partial charge in [0.15, 0.2) is 4.34 Å². The van der Waals surface area contributed by atoms with Crippen molar-refractivity contribution in [1.29, 1.82) is 0 Å². The molecule has 1 atom stereocenters. The second-order valence-corrected chi connectivity index (χ2v) is 6.22. The topological polar surface area (TPSA) is 84.3 Å². The predicted molar refractivity (Wildman–Crippen MR) is 70.3 cm³/mol. The summed E-state index contributed by atoms with van der Waals surface area (Å²) in [5.41, 5.74) is 0. The maximum Gasteiger partial charge on any atom is 0.313 e. The van der Waals surface area contributed by atoms with E-state index in [4.69, 9.17) is 9.84 Å². The van der Waals surface area contributed by atoms with Crippen LogP contribution in [0.15, 0.2) is 4.34 Å². The SMILES string of the molecule is O=C(O)CSc1nnc(NCC2CCCOC2)s1. The van der Waals surface area contributed by atoms with Gasteiger partial charge in [-0.05, 0) is 18.8 Å². The predicted octanol–water partition coefficient (Wildman–Crippen LogP) is 1.55. The number of carboxylic acids is 1. The first-order chi connectivity index (χ1) is 8.74. The van der Waals surface area contributed by atoms with Gasteiger partial charge in [0, 0.05) is 13.2 Å². The Balaban J connectivity index is 1.73. The molecule has 6 nitrogen and oxygen atoms in total. The molecule has 0 aromatic carbocycles. The molecule has 100 valence electrons. The number of aromatic nitrogens is 2. The molecule has 8 heteroatoms. The monoisotopic (exact) mass is 289 g/mol. The van der Waals surface area contributed by atoms with Crippen LogP contribution in [-0.2, 0) is 9.53 Å². The Morgan fingerprint density at radius 3 is 3.22 bits per heavy atom. The van der Waals surface area contributed by atoms with Gasteiger partial charge < -0.3 is 15.2 Å². The van der Waals surface area contributed by atoms with Crippen LogP contribution < -0.4 is 5.32 Å². The van der Waals surface area contributed by atoms with Crippen molar-refractivity contribution >= 4 is 34.2 Å². The van der Waals surface area contributed by atoms with E-state index in [1.165, 1.54) is 29.5 Å². The third-order valence-electron chi connectivity index (χ3n) is 2.52. The summed E-state index contributed by atoms with van der Waals surface area (Å²) in [6, 6.07) is 0. The summed E-state index contributed by atoms with van der Waals surface area (Å²) in [6.45, 7) is 2.50. The number of aliphatic carboxylic acids is 1. The average molecular weight is 289 g/mol. The second-order valence-electron chi connectivity index (χ2n) is 4.02. The second kappa shape index (κ2) is 6.91. The van der Waals surface area contributed by atoms with Crippen molar-refractivity contribution in [3.63, 3.8) is 0 Å². The summed E-state index contributed by atoms with van der Waals surface area (Å²) in [4.78, 5) is 10.4. The molecule has 0 radical (unpaired) electrons. The Kier molecular flexibility index (Phi) is 5.21. The molecule has 1 aliphatic heterocycles. The van der Waals surface area contributed by atoms with Gasteiger partial charge in [-0.15, -0.1) is 10.2 Å². The number of hydrogen-bond donors (Lipinski definition) is 2. The van der Waals surface area contributed by atoms with Gasteiger partial charge in [-0.2, -0.15) is 0 Å². The molecule has 1 aromatic rings. The van der Waals surface area contributed by atoms with E-state index in [9.17, 15) is 4.79 Å². The van der Waals surface area contributed by atoms with Gasteiger partial charge in [0.25, 0.3) is 0 Å². The number of thioether (sulfide) groups is 1. The molecule has 1 saturated heterocycles. The zero-order chi connectivity index (χ0) is 12.8. The molecule has 2 rings (SSSR count). The first-order valence-corrected chi connectivity index (χ1v) is 7.54. The van der Waals surface area contributed by atoms with E-state index < -0.39 is 5.97 Å². The Morgan fingerprint density at radius 1 is 1.61 bits per heavy atom. The lowest BCUT2D eigenvalue weighted by Crippen LogP contribution is -2.24. The average Bonchev–Trinajstić information content (AvgIpc) is 2.83. The Bertz CT molecular complexity index is 393. The number of carbonyl (C=O) groups is 1. The van der Waals surface area contributed by atoms with Crippen molar-refractivity contribution < 1.29 is 14.6 Å². The maximum atomic E-state index is 10.4. The molecule has 0 spiro atoms. The fourth-order valence-corrected chi connectivity index (χ4v) is 3.14. The molecular formula is C10H15N3O3S2. The highest BCUT2D eigenvalue weighted by atomic mass is 32.2. The standard InChI is InChI=1S/C10H15N3O3S2/c14-8(15)6-17-10-13-12-9(18-10)11-4-7-2-1-3-16-5-7/h7H,1-6H2,(H,11,12)(H,14,15). The van der Waals surface area contributed by atoms with Crippen LogP contribution in [0.2, 0.25) is 0 Å². The van der Waals surface area contributed by atoms with Crippen molar-refractivity contribution in [2.24, 2.45) is 5.92 Å². The van der Waals surface area contributed by atoms with Gasteiger partial charge in [0.2, 0.25) is 5.13 Å². The zero-order valence-electron chi connectivity index (χ0n) is 9.79. The zero-order valence-corrected chi connectivity index (χ0v) is 11.4. The van der Waals surface area contributed by atoms with Gasteiger partial charge in [-0.1, -0.05) is 23.1 Å². The minimum Gasteiger partial charge on any atom is -0.481 e.